The van der Waals surface area contributed by atoms with E-state index in [1.54, 1.807) is 13.0 Å². The number of hydrogen-bond acceptors (Lipinski definition) is 6. The molecule has 0 spiro atoms. The van der Waals surface area contributed by atoms with Gasteiger partial charge in [0.05, 0.1) is 30.2 Å². The van der Waals surface area contributed by atoms with Crippen molar-refractivity contribution in [2.75, 3.05) is 12.9 Å². The third-order valence-corrected chi connectivity index (χ3v) is 4.85. The van der Waals surface area contributed by atoms with Crippen LogP contribution in [-0.2, 0) is 25.1 Å². The highest BCUT2D eigenvalue weighted by atomic mass is 32.2. The number of fused-ring (bicyclic) bond motifs is 1. The van der Waals surface area contributed by atoms with Crippen molar-refractivity contribution in [3.8, 4) is 0 Å². The maximum absolute atomic E-state index is 12.1. The molecule has 2 rings (SSSR count). The van der Waals surface area contributed by atoms with Gasteiger partial charge < -0.3 is 4.74 Å². The van der Waals surface area contributed by atoms with Crippen LogP contribution in [0.2, 0.25) is 0 Å². The van der Waals surface area contributed by atoms with Crippen LogP contribution in [0.25, 0.3) is 5.65 Å². The van der Waals surface area contributed by atoms with Gasteiger partial charge in [-0.3, -0.25) is 14.7 Å². The first-order valence-electron chi connectivity index (χ1n) is 6.58. The first kappa shape index (κ1) is 16.2. The summed E-state index contributed by atoms with van der Waals surface area (Å²) in [5.74, 6) is -2.11. The summed E-state index contributed by atoms with van der Waals surface area (Å²) < 4.78 is 30.0. The molecule has 22 heavy (non-hydrogen) atoms. The van der Waals surface area contributed by atoms with Gasteiger partial charge >= 0.3 is 5.97 Å². The molecule has 0 aliphatic carbocycles. The van der Waals surface area contributed by atoms with Gasteiger partial charge in [-0.25, -0.2) is 17.9 Å². The molecule has 0 aromatic carbocycles. The number of methoxy groups -OCH3 is 1. The van der Waals surface area contributed by atoms with Gasteiger partial charge in [0, 0.05) is 17.8 Å². The van der Waals surface area contributed by atoms with Crippen LogP contribution in [0.5, 0.6) is 0 Å². The van der Waals surface area contributed by atoms with E-state index in [0.29, 0.717) is 5.65 Å². The molecular formula is C13H17N3O5S. The molecule has 0 saturated heterocycles. The van der Waals surface area contributed by atoms with Crippen LogP contribution >= 0.6 is 0 Å². The molecule has 0 amide bonds. The van der Waals surface area contributed by atoms with Crippen LogP contribution < -0.4 is 5.56 Å². The van der Waals surface area contributed by atoms with Crippen molar-refractivity contribution in [2.24, 2.45) is 5.92 Å². The summed E-state index contributed by atoms with van der Waals surface area (Å²) in [7, 11) is -2.38. The van der Waals surface area contributed by atoms with Crippen LogP contribution in [0.3, 0.4) is 0 Å². The minimum absolute atomic E-state index is 0.154. The zero-order chi connectivity index (χ0) is 16.5. The number of aromatic amines is 1. The molecule has 8 nitrogen and oxygen atoms in total. The van der Waals surface area contributed by atoms with Gasteiger partial charge in [-0.1, -0.05) is 6.92 Å². The summed E-state index contributed by atoms with van der Waals surface area (Å²) in [6.07, 6.45) is 0. The van der Waals surface area contributed by atoms with Gasteiger partial charge in [0.1, 0.15) is 0 Å². The Morgan fingerprint density at radius 2 is 2.14 bits per heavy atom. The predicted octanol–water partition coefficient (Wildman–Crippen LogP) is 0.0549. The fourth-order valence-corrected chi connectivity index (χ4v) is 3.78. The summed E-state index contributed by atoms with van der Waals surface area (Å²) >= 11 is 0. The van der Waals surface area contributed by atoms with Gasteiger partial charge in [0.25, 0.3) is 5.56 Å². The number of aromatic nitrogens is 3. The number of carbonyl (C=O) groups excluding carboxylic acids is 1. The monoisotopic (exact) mass is 327 g/mol. The molecule has 1 atom stereocenters. The standard InChI is InChI=1S/C13H17N3O5S/c1-8(13(18)21-3)6-22(19,20)7-10-5-12(17)16-11(14-10)4-9(2)15-16/h4-5,8,15H,6-7H2,1-3H3. The molecule has 0 aliphatic rings. The largest absolute Gasteiger partial charge is 0.469 e. The van der Waals surface area contributed by atoms with Crippen molar-refractivity contribution in [3.05, 3.63) is 33.9 Å². The molecule has 9 heteroatoms. The maximum Gasteiger partial charge on any atom is 0.309 e. The summed E-state index contributed by atoms with van der Waals surface area (Å²) in [5, 5.41) is 2.80. The number of nitrogens with one attached hydrogen (secondary N) is 1. The van der Waals surface area contributed by atoms with E-state index in [-0.39, 0.29) is 17.0 Å². The number of carbonyl (C=O) groups is 1. The van der Waals surface area contributed by atoms with E-state index in [1.807, 2.05) is 0 Å². The van der Waals surface area contributed by atoms with Gasteiger partial charge in [-0.05, 0) is 6.92 Å². The van der Waals surface area contributed by atoms with Crippen molar-refractivity contribution in [3.63, 3.8) is 0 Å². The third kappa shape index (κ3) is 3.53. The van der Waals surface area contributed by atoms with Crippen molar-refractivity contribution < 1.29 is 17.9 Å². The van der Waals surface area contributed by atoms with Crippen molar-refractivity contribution in [2.45, 2.75) is 19.6 Å². The summed E-state index contributed by atoms with van der Waals surface area (Å²) in [6.45, 7) is 3.24. The van der Waals surface area contributed by atoms with Gasteiger partial charge in [-0.2, -0.15) is 0 Å². The van der Waals surface area contributed by atoms with Gasteiger partial charge in [0.2, 0.25) is 0 Å². The quantitative estimate of drug-likeness (QED) is 0.777. The van der Waals surface area contributed by atoms with Gasteiger partial charge in [-0.15, -0.1) is 0 Å². The molecule has 2 aromatic heterocycles. The van der Waals surface area contributed by atoms with Crippen LogP contribution in [0, 0.1) is 12.8 Å². The Labute approximate surface area is 127 Å². The molecule has 0 fully saturated rings. The number of esters is 1. The van der Waals surface area contributed by atoms with Crippen LogP contribution in [0.4, 0.5) is 0 Å². The van der Waals surface area contributed by atoms with E-state index in [1.165, 1.54) is 24.6 Å². The lowest BCUT2D eigenvalue weighted by molar-refractivity contribution is -0.144. The maximum atomic E-state index is 12.1. The summed E-state index contributed by atoms with van der Waals surface area (Å²) in [4.78, 5) is 27.4. The van der Waals surface area contributed by atoms with Crippen molar-refractivity contribution in [1.29, 1.82) is 0 Å². The zero-order valence-corrected chi connectivity index (χ0v) is 13.3. The molecule has 120 valence electrons. The molecule has 0 bridgehead atoms. The Balaban J connectivity index is 2.26. The molecule has 1 N–H and O–H groups in total. The van der Waals surface area contributed by atoms with E-state index < -0.39 is 27.5 Å². The van der Waals surface area contributed by atoms with Crippen molar-refractivity contribution >= 4 is 21.5 Å². The average molecular weight is 327 g/mol. The Morgan fingerprint density at radius 1 is 1.45 bits per heavy atom. The Bertz CT molecular complexity index is 865. The first-order chi connectivity index (χ1) is 10.2. The topological polar surface area (TPSA) is 111 Å². The Morgan fingerprint density at radius 3 is 2.77 bits per heavy atom. The van der Waals surface area contributed by atoms with E-state index in [0.717, 1.165) is 5.69 Å². The lowest BCUT2D eigenvalue weighted by Gasteiger charge is -2.09. The highest BCUT2D eigenvalue weighted by molar-refractivity contribution is 7.90. The van der Waals surface area contributed by atoms with E-state index in [9.17, 15) is 18.0 Å². The zero-order valence-electron chi connectivity index (χ0n) is 12.5. The number of sulfone groups is 1. The Hall–Kier alpha value is -2.16. The normalized spacial score (nSPS) is 13.2. The van der Waals surface area contributed by atoms with Crippen LogP contribution in [0.15, 0.2) is 16.9 Å². The molecular weight excluding hydrogens is 310 g/mol. The molecule has 0 radical (unpaired) electrons. The van der Waals surface area contributed by atoms with Gasteiger partial charge in [0.15, 0.2) is 15.5 Å². The lowest BCUT2D eigenvalue weighted by atomic mass is 10.2. The Kier molecular flexibility index (Phi) is 4.36. The van der Waals surface area contributed by atoms with E-state index in [4.69, 9.17) is 0 Å². The number of rotatable bonds is 5. The van der Waals surface area contributed by atoms with Crippen molar-refractivity contribution in [1.82, 2.24) is 14.6 Å². The number of ether oxygens (including phenoxy) is 1. The number of hydrogen-bond donors (Lipinski definition) is 1. The molecule has 1 unspecified atom stereocenters. The highest BCUT2D eigenvalue weighted by Crippen LogP contribution is 2.10. The second-order valence-corrected chi connectivity index (χ2v) is 7.31. The number of aryl methyl sites for hydroxylation is 1. The smallest absolute Gasteiger partial charge is 0.309 e. The third-order valence-electron chi connectivity index (χ3n) is 3.11. The van der Waals surface area contributed by atoms with Crippen LogP contribution in [-0.4, -0.2) is 41.8 Å². The lowest BCUT2D eigenvalue weighted by Crippen LogP contribution is -2.24. The fourth-order valence-electron chi connectivity index (χ4n) is 2.17. The molecule has 2 aromatic rings. The van der Waals surface area contributed by atoms with Crippen LogP contribution in [0.1, 0.15) is 18.3 Å². The summed E-state index contributed by atoms with van der Waals surface area (Å²) in [5.41, 5.74) is 0.866. The molecule has 0 aliphatic heterocycles. The summed E-state index contributed by atoms with van der Waals surface area (Å²) in [6, 6.07) is 2.82. The fraction of sp³-hybridized carbons (Fsp3) is 0.462. The van der Waals surface area contributed by atoms with E-state index in [2.05, 4.69) is 14.8 Å². The molecule has 2 heterocycles. The van der Waals surface area contributed by atoms with E-state index >= 15 is 0 Å². The number of H-pyrrole nitrogens is 1. The second-order valence-electron chi connectivity index (χ2n) is 5.20. The number of nitrogens with zero attached hydrogens (tertiary/aromatic N) is 2. The predicted molar refractivity (Wildman–Crippen MR) is 79.2 cm³/mol. The SMILES string of the molecule is COC(=O)C(C)CS(=O)(=O)Cc1cc(=O)n2[nH]c(C)cc2n1. The minimum Gasteiger partial charge on any atom is -0.469 e. The average Bonchev–Trinajstić information content (AvgIpc) is 2.77. The second kappa shape index (κ2) is 5.91. The molecule has 0 saturated carbocycles. The minimum atomic E-state index is -3.59. The highest BCUT2D eigenvalue weighted by Gasteiger charge is 2.23. The first-order valence-corrected chi connectivity index (χ1v) is 8.40.